The minimum Gasteiger partial charge on any atom is -0.493 e. The number of halogens is 1. The minimum absolute atomic E-state index is 0.679. The Morgan fingerprint density at radius 1 is 1.35 bits per heavy atom. The summed E-state index contributed by atoms with van der Waals surface area (Å²) in [4.78, 5) is 0. The highest BCUT2D eigenvalue weighted by Crippen LogP contribution is 2.24. The molecule has 0 radical (unpaired) electrons. The Labute approximate surface area is 113 Å². The Bertz CT molecular complexity index is 339. The van der Waals surface area contributed by atoms with Crippen molar-refractivity contribution in [3.8, 4) is 5.75 Å². The number of nitrogens with two attached hydrogens (primary N) is 1. The maximum absolute atomic E-state index is 5.84. The van der Waals surface area contributed by atoms with Gasteiger partial charge >= 0.3 is 0 Å². The van der Waals surface area contributed by atoms with E-state index in [1.54, 1.807) is 0 Å². The van der Waals surface area contributed by atoms with Crippen LogP contribution in [0.15, 0.2) is 22.7 Å². The van der Waals surface area contributed by atoms with E-state index >= 15 is 0 Å². The second-order valence-electron chi connectivity index (χ2n) is 4.68. The van der Waals surface area contributed by atoms with Crippen LogP contribution in [-0.2, 0) is 6.42 Å². The maximum Gasteiger partial charge on any atom is 0.122 e. The van der Waals surface area contributed by atoms with Gasteiger partial charge in [0.15, 0.2) is 0 Å². The third-order valence-corrected chi connectivity index (χ3v) is 3.12. The van der Waals surface area contributed by atoms with Crippen molar-refractivity contribution in [3.63, 3.8) is 0 Å². The number of benzene rings is 1. The highest BCUT2D eigenvalue weighted by molar-refractivity contribution is 9.10. The van der Waals surface area contributed by atoms with Gasteiger partial charge in [0.1, 0.15) is 5.75 Å². The van der Waals surface area contributed by atoms with E-state index in [1.807, 2.05) is 12.1 Å². The fourth-order valence-electron chi connectivity index (χ4n) is 1.58. The lowest BCUT2D eigenvalue weighted by atomic mass is 10.1. The first-order chi connectivity index (χ1) is 8.13. The summed E-state index contributed by atoms with van der Waals surface area (Å²) in [5.41, 5.74) is 6.80. The molecule has 0 saturated carbocycles. The van der Waals surface area contributed by atoms with Crippen molar-refractivity contribution < 1.29 is 4.74 Å². The van der Waals surface area contributed by atoms with Crippen LogP contribution in [0.2, 0.25) is 0 Å². The van der Waals surface area contributed by atoms with Gasteiger partial charge in [0.05, 0.1) is 6.61 Å². The summed E-state index contributed by atoms with van der Waals surface area (Å²) in [6.45, 7) is 5.92. The van der Waals surface area contributed by atoms with Crippen LogP contribution >= 0.6 is 15.9 Å². The molecule has 17 heavy (non-hydrogen) atoms. The van der Waals surface area contributed by atoms with E-state index in [-0.39, 0.29) is 0 Å². The number of rotatable bonds is 7. The average Bonchev–Trinajstić information content (AvgIpc) is 2.28. The monoisotopic (exact) mass is 299 g/mol. The molecule has 96 valence electrons. The minimum atomic E-state index is 0.679. The molecule has 0 aliphatic rings. The zero-order chi connectivity index (χ0) is 12.7. The van der Waals surface area contributed by atoms with Crippen molar-refractivity contribution >= 4 is 15.9 Å². The first-order valence-electron chi connectivity index (χ1n) is 6.24. The lowest BCUT2D eigenvalue weighted by Crippen LogP contribution is -2.05. The van der Waals surface area contributed by atoms with Crippen LogP contribution in [0.4, 0.5) is 0 Å². The third-order valence-electron chi connectivity index (χ3n) is 2.63. The molecule has 2 nitrogen and oxygen atoms in total. The fourth-order valence-corrected chi connectivity index (χ4v) is 1.99. The molecule has 0 bridgehead atoms. The highest BCUT2D eigenvalue weighted by atomic mass is 79.9. The molecular formula is C14H22BrNO. The van der Waals surface area contributed by atoms with Gasteiger partial charge in [0, 0.05) is 4.47 Å². The van der Waals surface area contributed by atoms with Gasteiger partial charge in [0.2, 0.25) is 0 Å². The summed E-state index contributed by atoms with van der Waals surface area (Å²) < 4.78 is 6.94. The molecular weight excluding hydrogens is 278 g/mol. The number of hydrogen-bond acceptors (Lipinski definition) is 2. The van der Waals surface area contributed by atoms with Gasteiger partial charge in [-0.15, -0.1) is 0 Å². The van der Waals surface area contributed by atoms with E-state index in [4.69, 9.17) is 10.5 Å². The van der Waals surface area contributed by atoms with Crippen LogP contribution in [0.5, 0.6) is 5.75 Å². The third kappa shape index (κ3) is 5.55. The molecule has 0 atom stereocenters. The SMILES string of the molecule is CC(C)CCOc1ccc(Br)cc1CCCN. The van der Waals surface area contributed by atoms with E-state index in [0.29, 0.717) is 5.92 Å². The smallest absolute Gasteiger partial charge is 0.122 e. The summed E-state index contributed by atoms with van der Waals surface area (Å²) in [7, 11) is 0. The van der Waals surface area contributed by atoms with Gasteiger partial charge in [-0.2, -0.15) is 0 Å². The summed E-state index contributed by atoms with van der Waals surface area (Å²) in [5.74, 6) is 1.68. The summed E-state index contributed by atoms with van der Waals surface area (Å²) in [6, 6.07) is 6.19. The van der Waals surface area contributed by atoms with Gasteiger partial charge in [-0.25, -0.2) is 0 Å². The van der Waals surface area contributed by atoms with Crippen LogP contribution in [0, 0.1) is 5.92 Å². The molecule has 1 aromatic rings. The van der Waals surface area contributed by atoms with Crippen LogP contribution in [0.1, 0.15) is 32.3 Å². The molecule has 0 heterocycles. The normalized spacial score (nSPS) is 10.9. The van der Waals surface area contributed by atoms with Gasteiger partial charge < -0.3 is 10.5 Å². The lowest BCUT2D eigenvalue weighted by Gasteiger charge is -2.12. The highest BCUT2D eigenvalue weighted by Gasteiger charge is 2.05. The Morgan fingerprint density at radius 2 is 2.12 bits per heavy atom. The zero-order valence-electron chi connectivity index (χ0n) is 10.7. The van der Waals surface area contributed by atoms with Crippen molar-refractivity contribution in [3.05, 3.63) is 28.2 Å². The summed E-state index contributed by atoms with van der Waals surface area (Å²) in [6.07, 6.45) is 3.07. The standard InChI is InChI=1S/C14H22BrNO/c1-11(2)7-9-17-14-6-5-13(15)10-12(14)4-3-8-16/h5-6,10-11H,3-4,7-9,16H2,1-2H3. The van der Waals surface area contributed by atoms with E-state index in [9.17, 15) is 0 Å². The Morgan fingerprint density at radius 3 is 2.76 bits per heavy atom. The predicted molar refractivity (Wildman–Crippen MR) is 76.5 cm³/mol. The Balaban J connectivity index is 2.62. The topological polar surface area (TPSA) is 35.2 Å². The van der Waals surface area contributed by atoms with Crippen molar-refractivity contribution in [1.29, 1.82) is 0 Å². The number of hydrogen-bond donors (Lipinski definition) is 1. The van der Waals surface area contributed by atoms with Crippen LogP contribution in [0.25, 0.3) is 0 Å². The molecule has 0 saturated heterocycles. The second kappa shape index (κ2) is 7.72. The lowest BCUT2D eigenvalue weighted by molar-refractivity contribution is 0.286. The van der Waals surface area contributed by atoms with E-state index in [0.717, 1.165) is 42.6 Å². The number of ether oxygens (including phenoxy) is 1. The van der Waals surface area contributed by atoms with E-state index in [2.05, 4.69) is 35.8 Å². The van der Waals surface area contributed by atoms with Crippen molar-refractivity contribution in [2.45, 2.75) is 33.1 Å². The molecule has 1 aromatic carbocycles. The first kappa shape index (κ1) is 14.5. The maximum atomic E-state index is 5.84. The quantitative estimate of drug-likeness (QED) is 0.832. The summed E-state index contributed by atoms with van der Waals surface area (Å²) >= 11 is 3.49. The summed E-state index contributed by atoms with van der Waals surface area (Å²) in [5, 5.41) is 0. The van der Waals surface area contributed by atoms with Gasteiger partial charge in [-0.05, 0) is 55.5 Å². The largest absolute Gasteiger partial charge is 0.493 e. The van der Waals surface area contributed by atoms with Gasteiger partial charge in [0.25, 0.3) is 0 Å². The molecule has 0 aliphatic carbocycles. The predicted octanol–water partition coefficient (Wildman–Crippen LogP) is 3.77. The molecule has 0 aromatic heterocycles. The van der Waals surface area contributed by atoms with E-state index < -0.39 is 0 Å². The average molecular weight is 300 g/mol. The molecule has 0 amide bonds. The Kier molecular flexibility index (Phi) is 6.60. The van der Waals surface area contributed by atoms with Crippen LogP contribution in [-0.4, -0.2) is 13.2 Å². The van der Waals surface area contributed by atoms with E-state index in [1.165, 1.54) is 5.56 Å². The molecule has 3 heteroatoms. The van der Waals surface area contributed by atoms with Gasteiger partial charge in [-0.1, -0.05) is 29.8 Å². The molecule has 1 rings (SSSR count). The van der Waals surface area contributed by atoms with Crippen molar-refractivity contribution in [2.24, 2.45) is 11.7 Å². The van der Waals surface area contributed by atoms with Gasteiger partial charge in [-0.3, -0.25) is 0 Å². The molecule has 2 N–H and O–H groups in total. The fraction of sp³-hybridized carbons (Fsp3) is 0.571. The Hall–Kier alpha value is -0.540. The molecule has 0 spiro atoms. The molecule has 0 aliphatic heterocycles. The zero-order valence-corrected chi connectivity index (χ0v) is 12.3. The van der Waals surface area contributed by atoms with Crippen molar-refractivity contribution in [1.82, 2.24) is 0 Å². The molecule has 0 unspecified atom stereocenters. The van der Waals surface area contributed by atoms with Crippen LogP contribution < -0.4 is 10.5 Å². The molecule has 0 fully saturated rings. The first-order valence-corrected chi connectivity index (χ1v) is 7.04. The van der Waals surface area contributed by atoms with Crippen molar-refractivity contribution in [2.75, 3.05) is 13.2 Å². The van der Waals surface area contributed by atoms with Crippen LogP contribution in [0.3, 0.4) is 0 Å². The second-order valence-corrected chi connectivity index (χ2v) is 5.59. The number of aryl methyl sites for hydroxylation is 1.